The van der Waals surface area contributed by atoms with Crippen LogP contribution in [-0.2, 0) is 11.2 Å². The van der Waals surface area contributed by atoms with E-state index in [-0.39, 0.29) is 12.3 Å². The summed E-state index contributed by atoms with van der Waals surface area (Å²) in [5.74, 6) is 2.88. The summed E-state index contributed by atoms with van der Waals surface area (Å²) in [7, 11) is 4.58. The molecule has 11 heteroatoms. The molecule has 3 heterocycles. The summed E-state index contributed by atoms with van der Waals surface area (Å²) >= 11 is 0. The molecule has 0 atom stereocenters. The van der Waals surface area contributed by atoms with Crippen molar-refractivity contribution in [3.05, 3.63) is 78.9 Å². The number of methoxy groups -OCH3 is 3. The van der Waals surface area contributed by atoms with Gasteiger partial charge in [-0.3, -0.25) is 14.3 Å². The third kappa shape index (κ3) is 5.03. The molecule has 1 amide bonds. The fourth-order valence-electron chi connectivity index (χ4n) is 4.13. The molecular weight excluding hydrogens is 486 g/mol. The summed E-state index contributed by atoms with van der Waals surface area (Å²) in [6.45, 7) is 0. The first-order valence-corrected chi connectivity index (χ1v) is 11.7. The molecule has 0 spiro atoms. The quantitative estimate of drug-likeness (QED) is 0.300. The SMILES string of the molecule is COc1cc(NC(=O)Cc2cn(-c3ccc(Nc4cnccn4)nn3)c3ccccc23)cc(OC)c1OC. The molecule has 192 valence electrons. The van der Waals surface area contributed by atoms with Gasteiger partial charge in [0.05, 0.1) is 39.5 Å². The van der Waals surface area contributed by atoms with Crippen LogP contribution in [0.1, 0.15) is 5.56 Å². The smallest absolute Gasteiger partial charge is 0.228 e. The Bertz CT molecular complexity index is 1550. The number of ether oxygens (including phenoxy) is 3. The number of carbonyl (C=O) groups excluding carboxylic acids is 1. The minimum absolute atomic E-state index is 0.143. The molecule has 2 aromatic carbocycles. The van der Waals surface area contributed by atoms with Crippen LogP contribution in [0.4, 0.5) is 17.3 Å². The first kappa shape index (κ1) is 24.5. The van der Waals surface area contributed by atoms with Gasteiger partial charge in [0, 0.05) is 41.8 Å². The van der Waals surface area contributed by atoms with E-state index in [2.05, 4.69) is 30.8 Å². The highest BCUT2D eigenvalue weighted by molar-refractivity contribution is 5.96. The molecule has 5 aromatic rings. The zero-order valence-electron chi connectivity index (χ0n) is 21.0. The maximum Gasteiger partial charge on any atom is 0.228 e. The van der Waals surface area contributed by atoms with Gasteiger partial charge in [-0.05, 0) is 23.8 Å². The van der Waals surface area contributed by atoms with Crippen molar-refractivity contribution in [3.63, 3.8) is 0 Å². The van der Waals surface area contributed by atoms with Crippen LogP contribution >= 0.6 is 0 Å². The molecule has 0 saturated carbocycles. The summed E-state index contributed by atoms with van der Waals surface area (Å²) in [6, 6.07) is 14.9. The van der Waals surface area contributed by atoms with E-state index in [9.17, 15) is 4.79 Å². The summed E-state index contributed by atoms with van der Waals surface area (Å²) < 4.78 is 18.0. The van der Waals surface area contributed by atoms with Crippen LogP contribution < -0.4 is 24.8 Å². The molecule has 0 radical (unpaired) electrons. The second-order valence-electron chi connectivity index (χ2n) is 8.17. The Morgan fingerprint density at radius 3 is 2.37 bits per heavy atom. The molecule has 3 aromatic heterocycles. The third-order valence-electron chi connectivity index (χ3n) is 5.81. The van der Waals surface area contributed by atoms with E-state index in [4.69, 9.17) is 14.2 Å². The maximum atomic E-state index is 13.1. The summed E-state index contributed by atoms with van der Waals surface area (Å²) in [5.41, 5.74) is 2.28. The number of nitrogens with zero attached hydrogens (tertiary/aromatic N) is 5. The number of rotatable bonds is 9. The number of para-hydroxylation sites is 1. The molecule has 0 bridgehead atoms. The van der Waals surface area contributed by atoms with Crippen molar-refractivity contribution in [3.8, 4) is 23.1 Å². The Morgan fingerprint density at radius 2 is 1.71 bits per heavy atom. The van der Waals surface area contributed by atoms with Crippen LogP contribution in [0, 0.1) is 0 Å². The molecule has 0 saturated heterocycles. The van der Waals surface area contributed by atoms with Crippen molar-refractivity contribution in [2.75, 3.05) is 32.0 Å². The Balaban J connectivity index is 1.38. The fourth-order valence-corrected chi connectivity index (χ4v) is 4.13. The van der Waals surface area contributed by atoms with Crippen LogP contribution in [0.5, 0.6) is 17.2 Å². The molecule has 0 aliphatic rings. The highest BCUT2D eigenvalue weighted by Gasteiger charge is 2.17. The molecular formula is C27H25N7O4. The van der Waals surface area contributed by atoms with Gasteiger partial charge in [-0.25, -0.2) is 4.98 Å². The van der Waals surface area contributed by atoms with Gasteiger partial charge in [0.15, 0.2) is 23.1 Å². The van der Waals surface area contributed by atoms with Crippen molar-refractivity contribution in [1.29, 1.82) is 0 Å². The van der Waals surface area contributed by atoms with E-state index >= 15 is 0 Å². The van der Waals surface area contributed by atoms with E-state index < -0.39 is 0 Å². The standard InChI is InChI=1S/C27H25N7O4/c1-36-21-13-18(14-22(37-2)27(21)38-3)30-26(35)12-17-16-34(20-7-5-4-6-19(17)20)25-9-8-23(32-33-25)31-24-15-28-10-11-29-24/h4-11,13-16H,12H2,1-3H3,(H,30,35)(H,29,31,32). The number of hydrogen-bond acceptors (Lipinski definition) is 9. The first-order valence-electron chi connectivity index (χ1n) is 11.7. The number of hydrogen-bond donors (Lipinski definition) is 2. The fraction of sp³-hybridized carbons (Fsp3) is 0.148. The van der Waals surface area contributed by atoms with E-state index in [0.29, 0.717) is 40.4 Å². The number of nitrogens with one attached hydrogen (secondary N) is 2. The predicted molar refractivity (Wildman–Crippen MR) is 143 cm³/mol. The number of fused-ring (bicyclic) bond motifs is 1. The molecule has 0 aliphatic heterocycles. The van der Waals surface area contributed by atoms with Gasteiger partial charge in [0.1, 0.15) is 5.82 Å². The molecule has 0 aliphatic carbocycles. The van der Waals surface area contributed by atoms with Crippen LogP contribution in [0.3, 0.4) is 0 Å². The van der Waals surface area contributed by atoms with E-state index in [1.807, 2.05) is 47.2 Å². The summed E-state index contributed by atoms with van der Waals surface area (Å²) in [6.07, 6.45) is 6.84. The van der Waals surface area contributed by atoms with Gasteiger partial charge in [0.25, 0.3) is 0 Å². The predicted octanol–water partition coefficient (Wildman–Crippen LogP) is 4.16. The van der Waals surface area contributed by atoms with Gasteiger partial charge >= 0.3 is 0 Å². The molecule has 11 nitrogen and oxygen atoms in total. The van der Waals surface area contributed by atoms with Gasteiger partial charge in [-0.1, -0.05) is 18.2 Å². The lowest BCUT2D eigenvalue weighted by Crippen LogP contribution is -2.14. The zero-order chi connectivity index (χ0) is 26.5. The summed E-state index contributed by atoms with van der Waals surface area (Å²) in [4.78, 5) is 21.3. The van der Waals surface area contributed by atoms with Crippen molar-refractivity contribution >= 4 is 34.1 Å². The number of amides is 1. The van der Waals surface area contributed by atoms with E-state index in [1.54, 1.807) is 30.7 Å². The minimum atomic E-state index is -0.197. The van der Waals surface area contributed by atoms with Crippen LogP contribution in [0.25, 0.3) is 16.7 Å². The normalized spacial score (nSPS) is 10.7. The molecule has 38 heavy (non-hydrogen) atoms. The lowest BCUT2D eigenvalue weighted by Gasteiger charge is -2.14. The largest absolute Gasteiger partial charge is 0.493 e. The topological polar surface area (TPSA) is 125 Å². The average Bonchev–Trinajstić information content (AvgIpc) is 3.31. The zero-order valence-corrected chi connectivity index (χ0v) is 21.0. The van der Waals surface area contributed by atoms with E-state index in [1.165, 1.54) is 21.3 Å². The van der Waals surface area contributed by atoms with Crippen molar-refractivity contribution in [2.45, 2.75) is 6.42 Å². The van der Waals surface area contributed by atoms with Crippen molar-refractivity contribution in [2.24, 2.45) is 0 Å². The first-order chi connectivity index (χ1) is 18.6. The van der Waals surface area contributed by atoms with Crippen molar-refractivity contribution in [1.82, 2.24) is 24.7 Å². The lowest BCUT2D eigenvalue weighted by atomic mass is 10.1. The van der Waals surface area contributed by atoms with Crippen LogP contribution in [-0.4, -0.2) is 52.0 Å². The summed E-state index contributed by atoms with van der Waals surface area (Å²) in [5, 5.41) is 15.6. The number of aromatic nitrogens is 5. The van der Waals surface area contributed by atoms with Crippen LogP contribution in [0.15, 0.2) is 73.3 Å². The molecule has 0 unspecified atom stereocenters. The monoisotopic (exact) mass is 511 g/mol. The van der Waals surface area contributed by atoms with Gasteiger partial charge in [0.2, 0.25) is 11.7 Å². The third-order valence-corrected chi connectivity index (χ3v) is 5.81. The highest BCUT2D eigenvalue weighted by Crippen LogP contribution is 2.40. The molecule has 2 N–H and O–H groups in total. The van der Waals surface area contributed by atoms with E-state index in [0.717, 1.165) is 16.5 Å². The maximum absolute atomic E-state index is 13.1. The van der Waals surface area contributed by atoms with Gasteiger partial charge < -0.3 is 24.8 Å². The van der Waals surface area contributed by atoms with Gasteiger partial charge in [-0.15, -0.1) is 10.2 Å². The Morgan fingerprint density at radius 1 is 0.921 bits per heavy atom. The van der Waals surface area contributed by atoms with Crippen molar-refractivity contribution < 1.29 is 19.0 Å². The molecule has 0 fully saturated rings. The average molecular weight is 512 g/mol. The van der Waals surface area contributed by atoms with Crippen LogP contribution in [0.2, 0.25) is 0 Å². The van der Waals surface area contributed by atoms with Gasteiger partial charge in [-0.2, -0.15) is 0 Å². The Labute approximate surface area is 218 Å². The number of anilines is 3. The Kier molecular flexibility index (Phi) is 6.98. The number of benzene rings is 2. The minimum Gasteiger partial charge on any atom is -0.493 e. The number of carbonyl (C=O) groups is 1. The molecule has 5 rings (SSSR count). The lowest BCUT2D eigenvalue weighted by molar-refractivity contribution is -0.115. The second kappa shape index (κ2) is 10.8. The second-order valence-corrected chi connectivity index (χ2v) is 8.17. The Hall–Kier alpha value is -5.19. The highest BCUT2D eigenvalue weighted by atomic mass is 16.5.